The van der Waals surface area contributed by atoms with E-state index in [1.165, 1.54) is 31.3 Å². The maximum Gasteiger partial charge on any atom is 0.325 e. The predicted octanol–water partition coefficient (Wildman–Crippen LogP) is 1.86. The van der Waals surface area contributed by atoms with Crippen LogP contribution in [0.4, 0.5) is 4.39 Å². The van der Waals surface area contributed by atoms with E-state index < -0.39 is 17.7 Å². The summed E-state index contributed by atoms with van der Waals surface area (Å²) in [6.45, 7) is 2.12. The molecule has 0 bridgehead atoms. The van der Waals surface area contributed by atoms with Crippen molar-refractivity contribution in [2.75, 3.05) is 27.3 Å². The summed E-state index contributed by atoms with van der Waals surface area (Å²) in [4.78, 5) is 24.9. The van der Waals surface area contributed by atoms with Crippen molar-refractivity contribution in [1.29, 1.82) is 0 Å². The number of nitrogens with zero attached hydrogens (tertiary/aromatic N) is 1. The summed E-state index contributed by atoms with van der Waals surface area (Å²) in [6.07, 6.45) is 0.682. The minimum absolute atomic E-state index is 0.0663. The zero-order chi connectivity index (χ0) is 15.1. The second-order valence-corrected chi connectivity index (χ2v) is 4.15. The van der Waals surface area contributed by atoms with Gasteiger partial charge in [0.15, 0.2) is 11.6 Å². The molecule has 0 aromatic heterocycles. The fourth-order valence-corrected chi connectivity index (χ4v) is 1.72. The lowest BCUT2D eigenvalue weighted by Gasteiger charge is -2.21. The van der Waals surface area contributed by atoms with Crippen LogP contribution in [-0.2, 0) is 9.53 Å². The van der Waals surface area contributed by atoms with Crippen LogP contribution in [0, 0.1) is 5.82 Å². The first-order chi connectivity index (χ1) is 9.53. The summed E-state index contributed by atoms with van der Waals surface area (Å²) < 4.78 is 22.9. The van der Waals surface area contributed by atoms with Crippen LogP contribution < -0.4 is 4.74 Å². The van der Waals surface area contributed by atoms with Gasteiger partial charge in [0, 0.05) is 12.1 Å². The molecule has 0 N–H and O–H groups in total. The molecule has 0 unspecified atom stereocenters. The highest BCUT2D eigenvalue weighted by Gasteiger charge is 2.19. The van der Waals surface area contributed by atoms with Gasteiger partial charge in [-0.15, -0.1) is 0 Å². The van der Waals surface area contributed by atoms with E-state index in [2.05, 4.69) is 4.74 Å². The van der Waals surface area contributed by atoms with Crippen molar-refractivity contribution in [1.82, 2.24) is 4.90 Å². The number of amides is 1. The summed E-state index contributed by atoms with van der Waals surface area (Å²) in [7, 11) is 2.60. The Kier molecular flexibility index (Phi) is 5.96. The van der Waals surface area contributed by atoms with Crippen LogP contribution in [0.25, 0.3) is 0 Å². The van der Waals surface area contributed by atoms with E-state index in [1.807, 2.05) is 6.92 Å². The Bertz CT molecular complexity index is 490. The van der Waals surface area contributed by atoms with Crippen LogP contribution in [0.5, 0.6) is 5.75 Å². The van der Waals surface area contributed by atoms with E-state index in [4.69, 9.17) is 4.74 Å². The molecule has 0 spiro atoms. The highest BCUT2D eigenvalue weighted by Crippen LogP contribution is 2.18. The summed E-state index contributed by atoms with van der Waals surface area (Å²) in [5.41, 5.74) is 0.167. The highest BCUT2D eigenvalue weighted by atomic mass is 19.1. The first-order valence-electron chi connectivity index (χ1n) is 6.23. The standard InChI is InChI=1S/C14H18FNO4/c1-4-7-16(9-13(17)20-3)14(18)10-5-6-12(19-2)11(15)8-10/h5-6,8H,4,7,9H2,1-3H3. The molecule has 0 heterocycles. The second kappa shape index (κ2) is 7.47. The molecule has 0 atom stereocenters. The molecule has 20 heavy (non-hydrogen) atoms. The van der Waals surface area contributed by atoms with E-state index >= 15 is 0 Å². The van der Waals surface area contributed by atoms with Gasteiger partial charge in [0.1, 0.15) is 6.54 Å². The van der Waals surface area contributed by atoms with Crippen LogP contribution in [0.1, 0.15) is 23.7 Å². The molecule has 6 heteroatoms. The Balaban J connectivity index is 2.93. The number of methoxy groups -OCH3 is 2. The molecule has 1 aromatic rings. The minimum Gasteiger partial charge on any atom is -0.494 e. The van der Waals surface area contributed by atoms with Crippen LogP contribution in [-0.4, -0.2) is 44.1 Å². The van der Waals surface area contributed by atoms with Crippen LogP contribution in [0.15, 0.2) is 18.2 Å². The highest BCUT2D eigenvalue weighted by molar-refractivity contribution is 5.96. The van der Waals surface area contributed by atoms with Gasteiger partial charge in [-0.05, 0) is 24.6 Å². The zero-order valence-corrected chi connectivity index (χ0v) is 11.8. The number of benzene rings is 1. The fraction of sp³-hybridized carbons (Fsp3) is 0.429. The number of carbonyl (C=O) groups is 2. The molecular weight excluding hydrogens is 265 g/mol. The van der Waals surface area contributed by atoms with Crippen molar-refractivity contribution >= 4 is 11.9 Å². The summed E-state index contributed by atoms with van der Waals surface area (Å²) in [5, 5.41) is 0. The monoisotopic (exact) mass is 283 g/mol. The number of hydrogen-bond acceptors (Lipinski definition) is 4. The summed E-state index contributed by atoms with van der Waals surface area (Å²) >= 11 is 0. The molecule has 110 valence electrons. The largest absolute Gasteiger partial charge is 0.494 e. The van der Waals surface area contributed by atoms with Gasteiger partial charge in [-0.25, -0.2) is 4.39 Å². The molecule has 1 rings (SSSR count). The Hall–Kier alpha value is -2.11. The third-order valence-electron chi connectivity index (χ3n) is 2.73. The lowest BCUT2D eigenvalue weighted by atomic mass is 10.1. The molecule has 0 radical (unpaired) electrons. The molecule has 0 fully saturated rings. The number of esters is 1. The zero-order valence-electron chi connectivity index (χ0n) is 11.8. The van der Waals surface area contributed by atoms with Gasteiger partial charge in [-0.2, -0.15) is 0 Å². The quantitative estimate of drug-likeness (QED) is 0.748. The van der Waals surface area contributed by atoms with Crippen LogP contribution in [0.3, 0.4) is 0 Å². The van der Waals surface area contributed by atoms with Gasteiger partial charge in [0.25, 0.3) is 5.91 Å². The van der Waals surface area contributed by atoms with Gasteiger partial charge in [-0.3, -0.25) is 9.59 Å². The van der Waals surface area contributed by atoms with E-state index in [0.29, 0.717) is 13.0 Å². The smallest absolute Gasteiger partial charge is 0.325 e. The average Bonchev–Trinajstić information content (AvgIpc) is 2.45. The molecule has 1 amide bonds. The fourth-order valence-electron chi connectivity index (χ4n) is 1.72. The number of carbonyl (C=O) groups excluding carboxylic acids is 2. The third-order valence-corrected chi connectivity index (χ3v) is 2.73. The number of hydrogen-bond donors (Lipinski definition) is 0. The Morgan fingerprint density at radius 3 is 2.50 bits per heavy atom. The topological polar surface area (TPSA) is 55.8 Å². The van der Waals surface area contributed by atoms with Gasteiger partial charge < -0.3 is 14.4 Å². The first-order valence-corrected chi connectivity index (χ1v) is 6.23. The van der Waals surface area contributed by atoms with Gasteiger partial charge >= 0.3 is 5.97 Å². The van der Waals surface area contributed by atoms with E-state index in [9.17, 15) is 14.0 Å². The second-order valence-electron chi connectivity index (χ2n) is 4.15. The molecule has 0 saturated carbocycles. The van der Waals surface area contributed by atoms with E-state index in [1.54, 1.807) is 0 Å². The molecule has 0 aliphatic heterocycles. The first kappa shape index (κ1) is 15.9. The average molecular weight is 283 g/mol. The van der Waals surface area contributed by atoms with Gasteiger partial charge in [-0.1, -0.05) is 6.92 Å². The maximum absolute atomic E-state index is 13.6. The van der Waals surface area contributed by atoms with Crippen LogP contribution >= 0.6 is 0 Å². The van der Waals surface area contributed by atoms with E-state index in [0.717, 1.165) is 6.07 Å². The lowest BCUT2D eigenvalue weighted by molar-refractivity contribution is -0.141. The van der Waals surface area contributed by atoms with Gasteiger partial charge in [0.2, 0.25) is 0 Å². The Morgan fingerprint density at radius 2 is 2.00 bits per heavy atom. The minimum atomic E-state index is -0.618. The molecule has 0 saturated heterocycles. The van der Waals surface area contributed by atoms with Crippen LogP contribution in [0.2, 0.25) is 0 Å². The van der Waals surface area contributed by atoms with Crippen molar-refractivity contribution < 1.29 is 23.5 Å². The van der Waals surface area contributed by atoms with Crippen molar-refractivity contribution in [3.8, 4) is 5.75 Å². The van der Waals surface area contributed by atoms with E-state index in [-0.39, 0.29) is 17.9 Å². The molecule has 5 nitrogen and oxygen atoms in total. The maximum atomic E-state index is 13.6. The molecule has 1 aromatic carbocycles. The molecule has 0 aliphatic carbocycles. The third kappa shape index (κ3) is 3.94. The van der Waals surface area contributed by atoms with Crippen molar-refractivity contribution in [2.45, 2.75) is 13.3 Å². The summed E-state index contributed by atoms with van der Waals surface area (Å²) in [6, 6.07) is 3.94. The SMILES string of the molecule is CCCN(CC(=O)OC)C(=O)c1ccc(OC)c(F)c1. The van der Waals surface area contributed by atoms with Crippen molar-refractivity contribution in [3.63, 3.8) is 0 Å². The Labute approximate surface area is 117 Å². The normalized spacial score (nSPS) is 10.0. The van der Waals surface area contributed by atoms with Crippen molar-refractivity contribution in [2.24, 2.45) is 0 Å². The predicted molar refractivity (Wildman–Crippen MR) is 71.2 cm³/mol. The molecule has 0 aliphatic rings. The molecular formula is C14H18FNO4. The van der Waals surface area contributed by atoms with Gasteiger partial charge in [0.05, 0.1) is 14.2 Å². The Morgan fingerprint density at radius 1 is 1.30 bits per heavy atom. The number of halogens is 1. The lowest BCUT2D eigenvalue weighted by Crippen LogP contribution is -2.36. The number of ether oxygens (including phenoxy) is 2. The van der Waals surface area contributed by atoms with Crippen molar-refractivity contribution in [3.05, 3.63) is 29.6 Å². The summed E-state index contributed by atoms with van der Waals surface area (Å²) in [5.74, 6) is -1.48. The number of rotatable bonds is 6.